The fourth-order valence-electron chi connectivity index (χ4n) is 2.52. The van der Waals surface area contributed by atoms with E-state index in [-0.39, 0.29) is 5.91 Å². The van der Waals surface area contributed by atoms with E-state index >= 15 is 0 Å². The van der Waals surface area contributed by atoms with Gasteiger partial charge in [-0.3, -0.25) is 14.8 Å². The Labute approximate surface area is 146 Å². The highest BCUT2D eigenvalue weighted by Crippen LogP contribution is 2.18. The summed E-state index contributed by atoms with van der Waals surface area (Å²) in [5.41, 5.74) is 4.29. The van der Waals surface area contributed by atoms with Crippen molar-refractivity contribution in [2.45, 2.75) is 13.5 Å². The molecule has 25 heavy (non-hydrogen) atoms. The number of pyridine rings is 2. The van der Waals surface area contributed by atoms with E-state index in [2.05, 4.69) is 15.3 Å². The van der Waals surface area contributed by atoms with Gasteiger partial charge in [0.15, 0.2) is 0 Å². The average molecular weight is 333 g/mol. The van der Waals surface area contributed by atoms with Crippen molar-refractivity contribution in [1.82, 2.24) is 15.3 Å². The Morgan fingerprint density at radius 3 is 2.68 bits per heavy atom. The second-order valence-electron chi connectivity index (χ2n) is 5.66. The van der Waals surface area contributed by atoms with Crippen LogP contribution in [-0.4, -0.2) is 23.0 Å². The summed E-state index contributed by atoms with van der Waals surface area (Å²) in [6.45, 7) is 2.33. The molecule has 3 rings (SSSR count). The molecule has 2 heterocycles. The molecule has 1 N–H and O–H groups in total. The first kappa shape index (κ1) is 16.6. The Morgan fingerprint density at radius 1 is 1.16 bits per heavy atom. The molecule has 0 saturated heterocycles. The van der Waals surface area contributed by atoms with E-state index in [4.69, 9.17) is 4.74 Å². The number of ether oxygens (including phenoxy) is 1. The Kier molecular flexibility index (Phi) is 5.04. The Morgan fingerprint density at radius 2 is 2.04 bits per heavy atom. The van der Waals surface area contributed by atoms with Crippen LogP contribution in [0.1, 0.15) is 21.5 Å². The summed E-state index contributed by atoms with van der Waals surface area (Å²) < 4.78 is 5.21. The maximum absolute atomic E-state index is 12.3. The van der Waals surface area contributed by atoms with Gasteiger partial charge in [-0.25, -0.2) is 0 Å². The molecule has 0 radical (unpaired) electrons. The largest absolute Gasteiger partial charge is 0.496 e. The Balaban J connectivity index is 1.63. The van der Waals surface area contributed by atoms with Crippen molar-refractivity contribution in [1.29, 1.82) is 0 Å². The molecule has 2 aromatic heterocycles. The molecule has 0 fully saturated rings. The summed E-state index contributed by atoms with van der Waals surface area (Å²) in [4.78, 5) is 20.8. The molecule has 0 atom stereocenters. The van der Waals surface area contributed by atoms with Gasteiger partial charge in [-0.2, -0.15) is 0 Å². The molecule has 0 unspecified atom stereocenters. The third kappa shape index (κ3) is 4.01. The molecule has 0 bridgehead atoms. The molecule has 1 amide bonds. The van der Waals surface area contributed by atoms with Crippen molar-refractivity contribution in [3.63, 3.8) is 0 Å². The lowest BCUT2D eigenvalue weighted by atomic mass is 10.1. The quantitative estimate of drug-likeness (QED) is 0.777. The zero-order valence-electron chi connectivity index (χ0n) is 14.2. The van der Waals surface area contributed by atoms with E-state index in [9.17, 15) is 4.79 Å². The zero-order chi connectivity index (χ0) is 17.6. The lowest BCUT2D eigenvalue weighted by Crippen LogP contribution is -2.22. The van der Waals surface area contributed by atoms with Gasteiger partial charge in [-0.15, -0.1) is 0 Å². The van der Waals surface area contributed by atoms with Crippen LogP contribution in [0.25, 0.3) is 11.3 Å². The second-order valence-corrected chi connectivity index (χ2v) is 5.66. The summed E-state index contributed by atoms with van der Waals surface area (Å²) in [6, 6.07) is 13.1. The molecule has 0 aliphatic heterocycles. The number of hydrogen-bond donors (Lipinski definition) is 1. The summed E-state index contributed by atoms with van der Waals surface area (Å²) in [7, 11) is 1.62. The van der Waals surface area contributed by atoms with Crippen LogP contribution in [0.15, 0.2) is 61.1 Å². The molecule has 0 aliphatic rings. The summed E-state index contributed by atoms with van der Waals surface area (Å²) in [6.07, 6.45) is 5.27. The lowest BCUT2D eigenvalue weighted by molar-refractivity contribution is 0.0951. The maximum Gasteiger partial charge on any atom is 0.251 e. The molecular formula is C20H19N3O2. The van der Waals surface area contributed by atoms with Crippen LogP contribution in [0.3, 0.4) is 0 Å². The van der Waals surface area contributed by atoms with Crippen LogP contribution in [-0.2, 0) is 6.54 Å². The first-order valence-corrected chi connectivity index (χ1v) is 7.95. The standard InChI is InChI=1S/C20H19N3O2/c1-14-10-16(6-8-19(14)25-2)20(24)23-12-15-5-7-18(22-11-15)17-4-3-9-21-13-17/h3-11,13H,12H2,1-2H3,(H,23,24). The maximum atomic E-state index is 12.3. The fraction of sp³-hybridized carbons (Fsp3) is 0.150. The average Bonchev–Trinajstić information content (AvgIpc) is 2.67. The molecule has 0 aliphatic carbocycles. The van der Waals surface area contributed by atoms with E-state index in [1.54, 1.807) is 37.8 Å². The van der Waals surface area contributed by atoms with Crippen molar-refractivity contribution in [2.75, 3.05) is 7.11 Å². The van der Waals surface area contributed by atoms with Gasteiger partial charge in [-0.1, -0.05) is 6.07 Å². The van der Waals surface area contributed by atoms with Gasteiger partial charge in [0.2, 0.25) is 0 Å². The van der Waals surface area contributed by atoms with E-state index in [0.717, 1.165) is 28.1 Å². The third-order valence-electron chi connectivity index (χ3n) is 3.89. The fourth-order valence-corrected chi connectivity index (χ4v) is 2.52. The third-order valence-corrected chi connectivity index (χ3v) is 3.89. The van der Waals surface area contributed by atoms with Gasteiger partial charge in [-0.05, 0) is 54.4 Å². The Hall–Kier alpha value is -3.21. The summed E-state index contributed by atoms with van der Waals surface area (Å²) in [5.74, 6) is 0.647. The minimum Gasteiger partial charge on any atom is -0.496 e. The van der Waals surface area contributed by atoms with Gasteiger partial charge in [0, 0.05) is 36.3 Å². The minimum absolute atomic E-state index is 0.123. The van der Waals surface area contributed by atoms with Crippen molar-refractivity contribution in [3.05, 3.63) is 77.7 Å². The van der Waals surface area contributed by atoms with Crippen LogP contribution in [0, 0.1) is 6.92 Å². The van der Waals surface area contributed by atoms with Gasteiger partial charge >= 0.3 is 0 Å². The lowest BCUT2D eigenvalue weighted by Gasteiger charge is -2.09. The number of amides is 1. The SMILES string of the molecule is COc1ccc(C(=O)NCc2ccc(-c3cccnc3)nc2)cc1C. The number of rotatable bonds is 5. The van der Waals surface area contributed by atoms with Crippen molar-refractivity contribution in [3.8, 4) is 17.0 Å². The number of nitrogens with one attached hydrogen (secondary N) is 1. The molecule has 0 spiro atoms. The zero-order valence-corrected chi connectivity index (χ0v) is 14.2. The summed E-state index contributed by atoms with van der Waals surface area (Å²) >= 11 is 0. The number of nitrogens with zero attached hydrogens (tertiary/aromatic N) is 2. The number of hydrogen-bond acceptors (Lipinski definition) is 4. The van der Waals surface area contributed by atoms with Crippen LogP contribution in [0.4, 0.5) is 0 Å². The topological polar surface area (TPSA) is 64.1 Å². The predicted molar refractivity (Wildman–Crippen MR) is 96.4 cm³/mol. The van der Waals surface area contributed by atoms with Gasteiger partial charge in [0.05, 0.1) is 12.8 Å². The number of carbonyl (C=O) groups excluding carboxylic acids is 1. The van der Waals surface area contributed by atoms with Crippen molar-refractivity contribution in [2.24, 2.45) is 0 Å². The van der Waals surface area contributed by atoms with Crippen molar-refractivity contribution >= 4 is 5.91 Å². The van der Waals surface area contributed by atoms with Gasteiger partial charge < -0.3 is 10.1 Å². The highest BCUT2D eigenvalue weighted by atomic mass is 16.5. The number of methoxy groups -OCH3 is 1. The van der Waals surface area contributed by atoms with Gasteiger partial charge in [0.25, 0.3) is 5.91 Å². The van der Waals surface area contributed by atoms with Crippen LogP contribution in [0.2, 0.25) is 0 Å². The number of aryl methyl sites for hydroxylation is 1. The molecule has 5 heteroatoms. The first-order chi connectivity index (χ1) is 12.2. The molecule has 126 valence electrons. The molecule has 0 saturated carbocycles. The molecule has 1 aromatic carbocycles. The van der Waals surface area contributed by atoms with Crippen LogP contribution in [0.5, 0.6) is 5.75 Å². The predicted octanol–water partition coefficient (Wildman–Crippen LogP) is 3.39. The molecule has 5 nitrogen and oxygen atoms in total. The smallest absolute Gasteiger partial charge is 0.251 e. The Bertz CT molecular complexity index is 862. The van der Waals surface area contributed by atoms with Crippen LogP contribution < -0.4 is 10.1 Å². The highest BCUT2D eigenvalue weighted by Gasteiger charge is 2.08. The molecular weight excluding hydrogens is 314 g/mol. The normalized spacial score (nSPS) is 10.3. The number of carbonyl (C=O) groups is 1. The monoisotopic (exact) mass is 333 g/mol. The van der Waals surface area contributed by atoms with E-state index in [1.807, 2.05) is 37.3 Å². The van der Waals surface area contributed by atoms with E-state index < -0.39 is 0 Å². The number of aromatic nitrogens is 2. The number of benzene rings is 1. The van der Waals surface area contributed by atoms with Crippen molar-refractivity contribution < 1.29 is 9.53 Å². The van der Waals surface area contributed by atoms with Crippen LogP contribution >= 0.6 is 0 Å². The van der Waals surface area contributed by atoms with E-state index in [1.165, 1.54) is 0 Å². The van der Waals surface area contributed by atoms with Gasteiger partial charge in [0.1, 0.15) is 5.75 Å². The highest BCUT2D eigenvalue weighted by molar-refractivity contribution is 5.94. The minimum atomic E-state index is -0.123. The van der Waals surface area contributed by atoms with E-state index in [0.29, 0.717) is 12.1 Å². The molecule has 3 aromatic rings. The first-order valence-electron chi connectivity index (χ1n) is 7.95. The second kappa shape index (κ2) is 7.57. The summed E-state index contributed by atoms with van der Waals surface area (Å²) in [5, 5.41) is 2.91.